The van der Waals surface area contributed by atoms with E-state index in [9.17, 15) is 9.18 Å². The van der Waals surface area contributed by atoms with Crippen LogP contribution in [0, 0.1) is 5.82 Å². The molecule has 0 atom stereocenters. The van der Waals surface area contributed by atoms with E-state index in [4.69, 9.17) is 25.6 Å². The molecule has 3 aromatic rings. The molecule has 8 nitrogen and oxygen atoms in total. The van der Waals surface area contributed by atoms with E-state index in [0.29, 0.717) is 35.9 Å². The number of hydrogen-bond acceptors (Lipinski definition) is 7. The Morgan fingerprint density at radius 3 is 2.56 bits per heavy atom. The summed E-state index contributed by atoms with van der Waals surface area (Å²) < 4.78 is 29.5. The number of hydrogen-bond donors (Lipinski definition) is 2. The molecular weight excluding hydrogens is 379 g/mol. The summed E-state index contributed by atoms with van der Waals surface area (Å²) in [6.07, 6.45) is 4.21. The smallest absolute Gasteiger partial charge is 0.280 e. The van der Waals surface area contributed by atoms with Crippen molar-refractivity contribution in [2.75, 3.05) is 0 Å². The molecule has 142 valence electrons. The van der Waals surface area contributed by atoms with Crippen molar-refractivity contribution in [2.45, 2.75) is 25.0 Å². The van der Waals surface area contributed by atoms with Crippen molar-refractivity contribution in [3.05, 3.63) is 57.9 Å². The number of aromatic amines is 1. The number of halogens is 2. The van der Waals surface area contributed by atoms with Crippen LogP contribution in [0.15, 0.2) is 46.0 Å². The van der Waals surface area contributed by atoms with Gasteiger partial charge in [-0.15, -0.1) is 0 Å². The van der Waals surface area contributed by atoms with Crippen molar-refractivity contribution in [1.29, 1.82) is 0 Å². The Morgan fingerprint density at radius 2 is 1.93 bits per heavy atom. The predicted octanol–water partition coefficient (Wildman–Crippen LogP) is 3.37. The van der Waals surface area contributed by atoms with Crippen LogP contribution in [0.2, 0.25) is 5.02 Å². The lowest BCUT2D eigenvalue weighted by atomic mass is 9.92. The first-order valence-corrected chi connectivity index (χ1v) is 8.24. The summed E-state index contributed by atoms with van der Waals surface area (Å²) in [6, 6.07) is 5.56. The van der Waals surface area contributed by atoms with Gasteiger partial charge in [-0.2, -0.15) is 5.16 Å². The Labute approximate surface area is 157 Å². The maximum atomic E-state index is 13.1. The van der Waals surface area contributed by atoms with Crippen LogP contribution in [0.5, 0.6) is 11.6 Å². The van der Waals surface area contributed by atoms with Gasteiger partial charge in [0.2, 0.25) is 5.88 Å². The highest BCUT2D eigenvalue weighted by Crippen LogP contribution is 2.30. The molecule has 0 unspecified atom stereocenters. The quantitative estimate of drug-likeness (QED) is 0.679. The molecule has 1 aromatic carbocycles. The summed E-state index contributed by atoms with van der Waals surface area (Å²) in [5.41, 5.74) is 0.0868. The van der Waals surface area contributed by atoms with Gasteiger partial charge in [-0.05, 0) is 12.1 Å². The van der Waals surface area contributed by atoms with Gasteiger partial charge in [-0.1, -0.05) is 11.6 Å². The number of nitrogens with zero attached hydrogens (tertiary/aromatic N) is 2. The zero-order valence-electron chi connectivity index (χ0n) is 14.0. The third kappa shape index (κ3) is 4.26. The number of benzene rings is 1. The number of rotatable bonds is 5. The van der Waals surface area contributed by atoms with Crippen molar-refractivity contribution in [3.63, 3.8) is 0 Å². The van der Waals surface area contributed by atoms with Gasteiger partial charge in [-0.3, -0.25) is 4.79 Å². The van der Waals surface area contributed by atoms with Gasteiger partial charge in [0.05, 0.1) is 23.5 Å². The fourth-order valence-electron chi connectivity index (χ4n) is 2.54. The average molecular weight is 395 g/mol. The predicted molar refractivity (Wildman–Crippen MR) is 94.9 cm³/mol. The van der Waals surface area contributed by atoms with Gasteiger partial charge < -0.3 is 20.1 Å². The maximum absolute atomic E-state index is 13.1. The first-order chi connectivity index (χ1) is 12.6. The molecule has 0 saturated heterocycles. The Morgan fingerprint density at radius 1 is 1.15 bits per heavy atom. The first kappa shape index (κ1) is 18.9. The lowest BCUT2D eigenvalue weighted by Crippen LogP contribution is -2.41. The van der Waals surface area contributed by atoms with Gasteiger partial charge in [-0.25, -0.2) is 14.4 Å². The molecule has 0 aliphatic heterocycles. The Bertz CT molecular complexity index is 970. The highest BCUT2D eigenvalue weighted by atomic mass is 35.5. The van der Waals surface area contributed by atoms with Crippen LogP contribution in [-0.4, -0.2) is 27.3 Å². The third-order valence-corrected chi connectivity index (χ3v) is 4.23. The summed E-state index contributed by atoms with van der Waals surface area (Å²) >= 11 is 5.73. The van der Waals surface area contributed by atoms with Crippen LogP contribution in [0.1, 0.15) is 12.8 Å². The Hall–Kier alpha value is -2.91. The van der Waals surface area contributed by atoms with Crippen molar-refractivity contribution < 1.29 is 18.4 Å². The summed E-state index contributed by atoms with van der Waals surface area (Å²) in [4.78, 5) is 19.4. The molecule has 0 bridgehead atoms. The minimum absolute atomic E-state index is 0. The fraction of sp³-hybridized carbons (Fsp3) is 0.235. The molecule has 27 heavy (non-hydrogen) atoms. The zero-order valence-corrected chi connectivity index (χ0v) is 14.8. The lowest BCUT2D eigenvalue weighted by molar-refractivity contribution is 0.00203. The molecule has 1 aliphatic carbocycles. The van der Waals surface area contributed by atoms with Gasteiger partial charge in [0.1, 0.15) is 29.5 Å². The first-order valence-electron chi connectivity index (χ1n) is 7.86. The Balaban J connectivity index is 0.00000210. The van der Waals surface area contributed by atoms with Gasteiger partial charge >= 0.3 is 0 Å². The topological polar surface area (TPSA) is 125 Å². The molecule has 4 rings (SSSR count). The number of ether oxygens (including phenoxy) is 2. The van der Waals surface area contributed by atoms with E-state index >= 15 is 0 Å². The average Bonchev–Trinajstić information content (AvgIpc) is 3.03. The second kappa shape index (κ2) is 7.77. The van der Waals surface area contributed by atoms with Crippen LogP contribution in [-0.2, 0) is 0 Å². The van der Waals surface area contributed by atoms with Gasteiger partial charge in [0.15, 0.2) is 5.76 Å². The molecule has 1 saturated carbocycles. The van der Waals surface area contributed by atoms with Crippen LogP contribution in [0.4, 0.5) is 4.39 Å². The molecular formula is C17H16ClFN4O4. The van der Waals surface area contributed by atoms with Crippen molar-refractivity contribution >= 4 is 11.6 Å². The fourth-order valence-corrected chi connectivity index (χ4v) is 2.71. The number of nitrogens with one attached hydrogen (secondary N) is 1. The van der Waals surface area contributed by atoms with E-state index in [1.165, 1.54) is 30.6 Å². The van der Waals surface area contributed by atoms with Crippen molar-refractivity contribution in [2.24, 2.45) is 0 Å². The molecule has 2 heterocycles. The minimum atomic E-state index is -0.477. The molecule has 0 spiro atoms. The molecule has 10 heteroatoms. The second-order valence-corrected chi connectivity index (χ2v) is 6.25. The van der Waals surface area contributed by atoms with Gasteiger partial charge in [0, 0.05) is 18.9 Å². The molecule has 1 aliphatic rings. The summed E-state index contributed by atoms with van der Waals surface area (Å²) in [6.45, 7) is 0. The molecule has 2 aromatic heterocycles. The highest BCUT2D eigenvalue weighted by Gasteiger charge is 2.33. The largest absolute Gasteiger partial charge is 0.490 e. The van der Waals surface area contributed by atoms with E-state index in [1.54, 1.807) is 6.07 Å². The normalized spacial score (nSPS) is 18.3. The SMILES string of the molecule is N.O=c1cc(-c2cnc(OC3CC(Oc4ccc(F)c(Cl)c4)C3)cn2)o[nH]1. The third-order valence-electron chi connectivity index (χ3n) is 3.94. The van der Waals surface area contributed by atoms with E-state index in [0.717, 1.165) is 0 Å². The minimum Gasteiger partial charge on any atom is -0.490 e. The molecule has 4 N–H and O–H groups in total. The standard InChI is InChI=1S/C17H13ClFN3O4.H3N/c18-12-5-9(1-2-13(12)19)24-10-3-11(4-10)25-17-8-20-14(7-21-17)15-6-16(23)22-26-15;/h1-2,5-8,10-11H,3-4H2,(H,22,23);1H3. The van der Waals surface area contributed by atoms with Crippen LogP contribution >= 0.6 is 11.6 Å². The van der Waals surface area contributed by atoms with Crippen molar-refractivity contribution in [3.8, 4) is 23.1 Å². The van der Waals surface area contributed by atoms with E-state index in [-0.39, 0.29) is 28.9 Å². The molecule has 0 radical (unpaired) electrons. The zero-order chi connectivity index (χ0) is 18.1. The van der Waals surface area contributed by atoms with Crippen LogP contribution < -0.4 is 21.2 Å². The number of aromatic nitrogens is 3. The van der Waals surface area contributed by atoms with E-state index in [1.807, 2.05) is 0 Å². The summed E-state index contributed by atoms with van der Waals surface area (Å²) in [7, 11) is 0. The monoisotopic (exact) mass is 394 g/mol. The second-order valence-electron chi connectivity index (χ2n) is 5.84. The summed E-state index contributed by atoms with van der Waals surface area (Å²) in [5.74, 6) is 0.732. The van der Waals surface area contributed by atoms with Crippen molar-refractivity contribution in [1.82, 2.24) is 21.3 Å². The summed E-state index contributed by atoms with van der Waals surface area (Å²) in [5, 5.41) is 2.22. The highest BCUT2D eigenvalue weighted by molar-refractivity contribution is 6.30. The van der Waals surface area contributed by atoms with Crippen LogP contribution in [0.3, 0.4) is 0 Å². The lowest BCUT2D eigenvalue weighted by Gasteiger charge is -2.34. The van der Waals surface area contributed by atoms with Gasteiger partial charge in [0.25, 0.3) is 5.56 Å². The number of H-pyrrole nitrogens is 1. The maximum Gasteiger partial charge on any atom is 0.280 e. The Kier molecular flexibility index (Phi) is 5.43. The molecule has 0 amide bonds. The van der Waals surface area contributed by atoms with E-state index < -0.39 is 5.82 Å². The van der Waals surface area contributed by atoms with Crippen LogP contribution in [0.25, 0.3) is 11.5 Å². The van der Waals surface area contributed by atoms with E-state index in [2.05, 4.69) is 15.1 Å². The molecule has 1 fully saturated rings.